The number of hydrogen-bond acceptors (Lipinski definition) is 6. The van der Waals surface area contributed by atoms with Crippen molar-refractivity contribution in [2.24, 2.45) is 0 Å². The molecule has 0 aromatic rings. The first-order valence-electron chi connectivity index (χ1n) is 6.30. The van der Waals surface area contributed by atoms with Crippen LogP contribution in [0.25, 0.3) is 0 Å². The Bertz CT molecular complexity index is 211. The third-order valence-corrected chi connectivity index (χ3v) is 23.0. The van der Waals surface area contributed by atoms with Gasteiger partial charge >= 0.3 is 133 Å². The van der Waals surface area contributed by atoms with Crippen LogP contribution in [0.5, 0.6) is 0 Å². The maximum atomic E-state index is 5.09. The van der Waals surface area contributed by atoms with Gasteiger partial charge in [-0.25, -0.2) is 0 Å². The van der Waals surface area contributed by atoms with Crippen molar-refractivity contribution < 1.29 is 8.37 Å². The zero-order valence-electron chi connectivity index (χ0n) is 11.0. The van der Waals surface area contributed by atoms with Crippen LogP contribution in [0.3, 0.4) is 0 Å². The molecule has 2 nitrogen and oxygen atoms in total. The van der Waals surface area contributed by atoms with Gasteiger partial charge in [0.15, 0.2) is 0 Å². The summed E-state index contributed by atoms with van der Waals surface area (Å²) in [6.07, 6.45) is 4.72. The Morgan fingerprint density at radius 3 is 1.78 bits per heavy atom. The van der Waals surface area contributed by atoms with Crippen LogP contribution >= 0.6 is 46.2 Å². The molecule has 0 spiro atoms. The molecule has 0 amide bonds. The van der Waals surface area contributed by atoms with E-state index in [1.807, 2.05) is 0 Å². The summed E-state index contributed by atoms with van der Waals surface area (Å²) >= 11 is 7.82. The second-order valence-electron chi connectivity index (χ2n) is 4.61. The molecular weight excluding hydrogens is 371 g/mol. The van der Waals surface area contributed by atoms with E-state index in [-0.39, 0.29) is 12.2 Å². The van der Waals surface area contributed by atoms with Gasteiger partial charge in [-0.1, -0.05) is 0 Å². The van der Waals surface area contributed by atoms with Gasteiger partial charge in [0, 0.05) is 0 Å². The van der Waals surface area contributed by atoms with E-state index in [1.165, 1.54) is 29.9 Å². The Morgan fingerprint density at radius 1 is 0.944 bits per heavy atom. The van der Waals surface area contributed by atoms with Crippen molar-refractivity contribution in [3.05, 3.63) is 0 Å². The molecule has 0 aliphatic carbocycles. The van der Waals surface area contributed by atoms with Gasteiger partial charge in [-0.2, -0.15) is 0 Å². The van der Waals surface area contributed by atoms with Gasteiger partial charge in [-0.05, 0) is 0 Å². The molecule has 1 heterocycles. The van der Waals surface area contributed by atoms with Gasteiger partial charge in [0.05, 0.1) is 0 Å². The summed E-state index contributed by atoms with van der Waals surface area (Å²) < 4.78 is 10.2. The molecule has 0 aromatic heterocycles. The molecule has 1 rings (SSSR count). The SMILES string of the molecule is CC(CS[Se]1(SCC(C)OS)CCCCC1)OS. The van der Waals surface area contributed by atoms with Crippen molar-refractivity contribution in [3.8, 4) is 0 Å². The van der Waals surface area contributed by atoms with Crippen LogP contribution in [-0.4, -0.2) is 34.3 Å². The quantitative estimate of drug-likeness (QED) is 0.356. The van der Waals surface area contributed by atoms with Gasteiger partial charge in [0.25, 0.3) is 0 Å². The summed E-state index contributed by atoms with van der Waals surface area (Å²) in [4.78, 5) is 0. The molecule has 2 atom stereocenters. The Balaban J connectivity index is 2.46. The van der Waals surface area contributed by atoms with Crippen molar-refractivity contribution in [1.29, 1.82) is 0 Å². The summed E-state index contributed by atoms with van der Waals surface area (Å²) in [5.74, 6) is 2.15. The first-order valence-corrected chi connectivity index (χ1v) is 15.5. The second kappa shape index (κ2) is 9.72. The number of thiol groups is 2. The van der Waals surface area contributed by atoms with E-state index in [9.17, 15) is 0 Å². The van der Waals surface area contributed by atoms with Crippen LogP contribution in [0.4, 0.5) is 0 Å². The summed E-state index contributed by atoms with van der Waals surface area (Å²) in [5.41, 5.74) is 0. The molecule has 18 heavy (non-hydrogen) atoms. The molecule has 0 saturated carbocycles. The Kier molecular flexibility index (Phi) is 9.66. The third kappa shape index (κ3) is 6.53. The average Bonchev–Trinajstić information content (AvgIpc) is 2.43. The molecule has 1 aliphatic rings. The molecule has 0 aromatic carbocycles. The van der Waals surface area contributed by atoms with Crippen molar-refractivity contribution in [2.45, 2.75) is 56.0 Å². The van der Waals surface area contributed by atoms with Crippen molar-refractivity contribution in [3.63, 3.8) is 0 Å². The van der Waals surface area contributed by atoms with E-state index in [4.69, 9.17) is 8.37 Å². The molecule has 1 fully saturated rings. The van der Waals surface area contributed by atoms with Crippen LogP contribution < -0.4 is 0 Å². The number of rotatable bonds is 8. The van der Waals surface area contributed by atoms with E-state index >= 15 is 0 Å². The molecule has 2 unspecified atom stereocenters. The summed E-state index contributed by atoms with van der Waals surface area (Å²) in [6.45, 7) is 4.19. The molecule has 1 aliphatic heterocycles. The summed E-state index contributed by atoms with van der Waals surface area (Å²) in [7, 11) is 2.96. The Morgan fingerprint density at radius 2 is 1.39 bits per heavy atom. The molecular formula is C11H24O2S4Se. The van der Waals surface area contributed by atoms with Gasteiger partial charge in [0.2, 0.25) is 0 Å². The normalized spacial score (nSPS) is 24.4. The first-order chi connectivity index (χ1) is 8.62. The average molecular weight is 396 g/mol. The predicted octanol–water partition coefficient (Wildman–Crippen LogP) is 4.58. The van der Waals surface area contributed by atoms with E-state index in [1.54, 1.807) is 0 Å². The fourth-order valence-corrected chi connectivity index (χ4v) is 20.9. The molecule has 0 radical (unpaired) electrons. The first kappa shape index (κ1) is 17.9. The molecule has 1 saturated heterocycles. The topological polar surface area (TPSA) is 18.5 Å². The van der Waals surface area contributed by atoms with E-state index < -0.39 is 10.6 Å². The Labute approximate surface area is 132 Å². The van der Waals surface area contributed by atoms with E-state index in [0.29, 0.717) is 0 Å². The van der Waals surface area contributed by atoms with Crippen LogP contribution in [0.2, 0.25) is 10.6 Å². The minimum absolute atomic E-state index is 0.244. The van der Waals surface area contributed by atoms with Crippen molar-refractivity contribution >= 4 is 56.8 Å². The maximum absolute atomic E-state index is 5.09. The van der Waals surface area contributed by atoms with Crippen molar-refractivity contribution in [1.82, 2.24) is 0 Å². The van der Waals surface area contributed by atoms with Crippen LogP contribution in [0.15, 0.2) is 0 Å². The summed E-state index contributed by atoms with van der Waals surface area (Å²) in [6, 6.07) is 0. The molecule has 0 N–H and O–H groups in total. The fraction of sp³-hybridized carbons (Fsp3) is 1.00. The standard InChI is InChI=1S/C11H24O2S4Se/c1-10(12-14)8-16-18(6-4-3-5-7-18)17-9-11(2)13-15/h10-11,14-15H,3-9H2,1-2H3. The van der Waals surface area contributed by atoms with E-state index in [0.717, 1.165) is 11.5 Å². The Hall–Kier alpha value is 1.84. The van der Waals surface area contributed by atoms with Gasteiger partial charge < -0.3 is 0 Å². The zero-order chi connectivity index (χ0) is 13.4. The van der Waals surface area contributed by atoms with E-state index in [2.05, 4.69) is 60.0 Å². The second-order valence-corrected chi connectivity index (χ2v) is 21.7. The molecule has 7 heteroatoms. The van der Waals surface area contributed by atoms with Crippen LogP contribution in [-0.2, 0) is 8.37 Å². The monoisotopic (exact) mass is 396 g/mol. The summed E-state index contributed by atoms with van der Waals surface area (Å²) in [5, 5.41) is 2.90. The third-order valence-electron chi connectivity index (χ3n) is 2.81. The van der Waals surface area contributed by atoms with Gasteiger partial charge in [0.1, 0.15) is 0 Å². The molecule has 0 bridgehead atoms. The minimum atomic E-state index is -1.43. The van der Waals surface area contributed by atoms with Gasteiger partial charge in [-0.15, -0.1) is 0 Å². The number of hydrogen-bond donors (Lipinski definition) is 2. The zero-order valence-corrected chi connectivity index (χ0v) is 16.2. The fourth-order valence-electron chi connectivity index (χ4n) is 1.69. The molecule has 110 valence electrons. The van der Waals surface area contributed by atoms with Crippen molar-refractivity contribution in [2.75, 3.05) is 11.5 Å². The van der Waals surface area contributed by atoms with Crippen LogP contribution in [0, 0.1) is 0 Å². The predicted molar refractivity (Wildman–Crippen MR) is 93.2 cm³/mol. The van der Waals surface area contributed by atoms with Crippen LogP contribution in [0.1, 0.15) is 33.1 Å². The van der Waals surface area contributed by atoms with Gasteiger partial charge in [-0.3, -0.25) is 0 Å².